The first-order valence-corrected chi connectivity index (χ1v) is 11.4. The topological polar surface area (TPSA) is 53.5 Å². The molecule has 1 fully saturated rings. The molecule has 5 nitrogen and oxygen atoms in total. The monoisotopic (exact) mass is 438 g/mol. The summed E-state index contributed by atoms with van der Waals surface area (Å²) in [7, 11) is 4.83. The van der Waals surface area contributed by atoms with Crippen LogP contribution >= 0.6 is 0 Å². The zero-order chi connectivity index (χ0) is 23.3. The van der Waals surface area contributed by atoms with Crippen LogP contribution in [0.15, 0.2) is 36.6 Å². The Labute approximate surface area is 194 Å². The van der Waals surface area contributed by atoms with Crippen molar-refractivity contribution in [3.63, 3.8) is 0 Å². The van der Waals surface area contributed by atoms with E-state index < -0.39 is 0 Å². The van der Waals surface area contributed by atoms with Crippen molar-refractivity contribution in [1.29, 1.82) is 0 Å². The van der Waals surface area contributed by atoms with Crippen molar-refractivity contribution in [1.82, 2.24) is 9.97 Å². The summed E-state index contributed by atoms with van der Waals surface area (Å²) in [5.74, 6) is 1.75. The fourth-order valence-electron chi connectivity index (χ4n) is 4.67. The number of aromatic nitrogens is 2. The third kappa shape index (κ3) is 4.52. The van der Waals surface area contributed by atoms with Gasteiger partial charge in [-0.05, 0) is 49.3 Å². The SMILES string of the molecule is C=C(/C(=C/C)c1nc(-c2cc(OC)c(OC)c(OC)c2)cnc1CC)C1(C)CCCCC1.[HH]. The van der Waals surface area contributed by atoms with E-state index >= 15 is 0 Å². The van der Waals surface area contributed by atoms with Gasteiger partial charge in [0.2, 0.25) is 5.75 Å². The number of methoxy groups -OCH3 is 3. The lowest BCUT2D eigenvalue weighted by molar-refractivity contribution is 0.275. The standard InChI is InChI=1S/C27H36N2O3.H2/c1-8-20(18(3)27(4)13-11-10-12-14-27)25-21(9-2)28-17-22(29-25)19-15-23(30-5)26(32-7)24(16-19)31-6;/h8,15-17H,3,9-14H2,1-2,4-7H3;1H/b20-8-;. The average Bonchev–Trinajstić information content (AvgIpc) is 2.83. The summed E-state index contributed by atoms with van der Waals surface area (Å²) >= 11 is 0. The molecule has 0 amide bonds. The number of aryl methyl sites for hydroxylation is 1. The van der Waals surface area contributed by atoms with E-state index in [2.05, 4.69) is 33.4 Å². The van der Waals surface area contributed by atoms with Crippen molar-refractivity contribution in [2.45, 2.75) is 59.3 Å². The number of benzene rings is 1. The average molecular weight is 439 g/mol. The highest BCUT2D eigenvalue weighted by molar-refractivity contribution is 5.80. The van der Waals surface area contributed by atoms with Crippen molar-refractivity contribution in [3.8, 4) is 28.5 Å². The number of rotatable bonds is 8. The van der Waals surface area contributed by atoms with Gasteiger partial charge in [0.05, 0.1) is 44.6 Å². The molecule has 3 rings (SSSR count). The van der Waals surface area contributed by atoms with Crippen molar-refractivity contribution in [2.24, 2.45) is 5.41 Å². The van der Waals surface area contributed by atoms with Gasteiger partial charge in [-0.15, -0.1) is 0 Å². The molecule has 32 heavy (non-hydrogen) atoms. The molecule has 174 valence electrons. The molecule has 0 bridgehead atoms. The second-order valence-corrected chi connectivity index (χ2v) is 8.62. The lowest BCUT2D eigenvalue weighted by Crippen LogP contribution is -2.23. The molecule has 0 N–H and O–H groups in total. The van der Waals surface area contributed by atoms with E-state index in [0.29, 0.717) is 17.2 Å². The zero-order valence-corrected chi connectivity index (χ0v) is 20.4. The zero-order valence-electron chi connectivity index (χ0n) is 20.4. The summed E-state index contributed by atoms with van der Waals surface area (Å²) in [5.41, 5.74) is 5.90. The molecule has 2 aromatic rings. The van der Waals surface area contributed by atoms with E-state index in [4.69, 9.17) is 24.2 Å². The minimum Gasteiger partial charge on any atom is -0.493 e. The van der Waals surface area contributed by atoms with Gasteiger partial charge >= 0.3 is 0 Å². The minimum atomic E-state index is 0. The molecule has 1 saturated carbocycles. The first-order valence-electron chi connectivity index (χ1n) is 11.4. The van der Waals surface area contributed by atoms with Crippen LogP contribution in [-0.2, 0) is 6.42 Å². The Morgan fingerprint density at radius 1 is 1.09 bits per heavy atom. The maximum atomic E-state index is 5.54. The number of ether oxygens (including phenoxy) is 3. The highest BCUT2D eigenvalue weighted by Gasteiger charge is 2.32. The highest BCUT2D eigenvalue weighted by Crippen LogP contribution is 2.47. The van der Waals surface area contributed by atoms with Crippen molar-refractivity contribution >= 4 is 5.57 Å². The van der Waals surface area contributed by atoms with Crippen molar-refractivity contribution < 1.29 is 15.6 Å². The van der Waals surface area contributed by atoms with E-state index in [1.54, 1.807) is 21.3 Å². The van der Waals surface area contributed by atoms with Crippen molar-refractivity contribution in [2.75, 3.05) is 21.3 Å². The molecule has 5 heteroatoms. The Kier molecular flexibility index (Phi) is 7.60. The van der Waals surface area contributed by atoms with Crippen LogP contribution in [0.4, 0.5) is 0 Å². The van der Waals surface area contributed by atoms with Crippen LogP contribution in [-0.4, -0.2) is 31.3 Å². The predicted molar refractivity (Wildman–Crippen MR) is 133 cm³/mol. The smallest absolute Gasteiger partial charge is 0.203 e. The summed E-state index contributed by atoms with van der Waals surface area (Å²) in [6, 6.07) is 3.82. The predicted octanol–water partition coefficient (Wildman–Crippen LogP) is 6.91. The van der Waals surface area contributed by atoms with E-state index in [-0.39, 0.29) is 6.84 Å². The summed E-state index contributed by atoms with van der Waals surface area (Å²) in [6.07, 6.45) is 10.9. The summed E-state index contributed by atoms with van der Waals surface area (Å²) < 4.78 is 16.5. The van der Waals surface area contributed by atoms with Gasteiger partial charge in [0, 0.05) is 12.6 Å². The molecule has 1 aromatic carbocycles. The second-order valence-electron chi connectivity index (χ2n) is 8.62. The van der Waals surface area contributed by atoms with Crippen LogP contribution in [0.1, 0.15) is 65.7 Å². The Bertz CT molecular complexity index is 985. The van der Waals surface area contributed by atoms with Gasteiger partial charge in [0.25, 0.3) is 0 Å². The maximum absolute atomic E-state index is 5.54. The Morgan fingerprint density at radius 3 is 2.22 bits per heavy atom. The second kappa shape index (κ2) is 10.2. The fraction of sp³-hybridized carbons (Fsp3) is 0.481. The van der Waals surface area contributed by atoms with Gasteiger partial charge in [0.15, 0.2) is 11.5 Å². The molecule has 0 unspecified atom stereocenters. The molecule has 1 aromatic heterocycles. The van der Waals surface area contributed by atoms with Gasteiger partial charge in [0.1, 0.15) is 0 Å². The summed E-state index contributed by atoms with van der Waals surface area (Å²) in [5, 5.41) is 0. The summed E-state index contributed by atoms with van der Waals surface area (Å²) in [4.78, 5) is 9.88. The Hall–Kier alpha value is -2.82. The molecular formula is C27H38N2O3. The molecule has 0 saturated heterocycles. The quantitative estimate of drug-likeness (QED) is 0.419. The third-order valence-corrected chi connectivity index (χ3v) is 6.70. The van der Waals surface area contributed by atoms with Crippen molar-refractivity contribution in [3.05, 3.63) is 47.9 Å². The van der Waals surface area contributed by atoms with E-state index in [0.717, 1.165) is 34.6 Å². The highest BCUT2D eigenvalue weighted by atomic mass is 16.5. The van der Waals surface area contributed by atoms with Gasteiger partial charge in [-0.1, -0.05) is 45.8 Å². The molecule has 1 heterocycles. The van der Waals surface area contributed by atoms with Gasteiger partial charge in [-0.25, -0.2) is 4.98 Å². The van der Waals surface area contributed by atoms with Crippen LogP contribution in [0, 0.1) is 5.41 Å². The van der Waals surface area contributed by atoms with Crippen LogP contribution < -0.4 is 14.2 Å². The number of nitrogens with zero attached hydrogens (tertiary/aromatic N) is 2. The largest absolute Gasteiger partial charge is 0.493 e. The first-order chi connectivity index (χ1) is 15.4. The third-order valence-electron chi connectivity index (χ3n) is 6.70. The number of hydrogen-bond acceptors (Lipinski definition) is 5. The van der Waals surface area contributed by atoms with Gasteiger partial charge in [-0.3, -0.25) is 4.98 Å². The van der Waals surface area contributed by atoms with Crippen LogP contribution in [0.2, 0.25) is 0 Å². The molecule has 0 atom stereocenters. The summed E-state index contributed by atoms with van der Waals surface area (Å²) in [6.45, 7) is 11.1. The van der Waals surface area contributed by atoms with E-state index in [1.807, 2.05) is 18.3 Å². The molecule has 0 aliphatic heterocycles. The Morgan fingerprint density at radius 2 is 1.72 bits per heavy atom. The van der Waals surface area contributed by atoms with Crippen LogP contribution in [0.5, 0.6) is 17.2 Å². The van der Waals surface area contributed by atoms with Gasteiger partial charge < -0.3 is 14.2 Å². The Balaban J connectivity index is 0.00000385. The minimum absolute atomic E-state index is 0. The molecular weight excluding hydrogens is 400 g/mol. The normalized spacial score (nSPS) is 15.9. The van der Waals surface area contributed by atoms with E-state index in [9.17, 15) is 0 Å². The van der Waals surface area contributed by atoms with E-state index in [1.165, 1.54) is 37.7 Å². The molecule has 0 radical (unpaired) electrons. The maximum Gasteiger partial charge on any atom is 0.203 e. The number of hydrogen-bond donors (Lipinski definition) is 0. The molecule has 1 aliphatic rings. The first kappa shape index (κ1) is 23.8. The lowest BCUT2D eigenvalue weighted by atomic mass is 9.68. The van der Waals surface area contributed by atoms with Crippen LogP contribution in [0.25, 0.3) is 16.8 Å². The van der Waals surface area contributed by atoms with Crippen LogP contribution in [0.3, 0.4) is 0 Å². The molecule has 1 aliphatic carbocycles. The lowest BCUT2D eigenvalue weighted by Gasteiger charge is -2.36. The number of allylic oxidation sites excluding steroid dienone is 3. The van der Waals surface area contributed by atoms with Gasteiger partial charge in [-0.2, -0.15) is 0 Å². The molecule has 0 spiro atoms. The fourth-order valence-corrected chi connectivity index (χ4v) is 4.67.